The predicted molar refractivity (Wildman–Crippen MR) is 73.6 cm³/mol. The van der Waals surface area contributed by atoms with Gasteiger partial charge in [-0.1, -0.05) is 0 Å². The van der Waals surface area contributed by atoms with Crippen LogP contribution in [-0.4, -0.2) is 79.1 Å². The molecule has 0 unspecified atom stereocenters. The van der Waals surface area contributed by atoms with Crippen molar-refractivity contribution in [2.24, 2.45) is 0 Å². The van der Waals surface area contributed by atoms with Crippen LogP contribution in [0.5, 0.6) is 0 Å². The first-order valence-corrected chi connectivity index (χ1v) is 9.07. The summed E-state index contributed by atoms with van der Waals surface area (Å²) in [7, 11) is -7.12. The molecule has 0 amide bonds. The van der Waals surface area contributed by atoms with Crippen LogP contribution in [0.1, 0.15) is 12.8 Å². The topological polar surface area (TPSA) is 57.6 Å². The Labute approximate surface area is 169 Å². The van der Waals surface area contributed by atoms with Crippen LogP contribution in [0.2, 0.25) is 0 Å². The first kappa shape index (κ1) is 30.8. The lowest BCUT2D eigenvalue weighted by molar-refractivity contribution is -0.447. The zero-order valence-electron chi connectivity index (χ0n) is 15.1. The van der Waals surface area contributed by atoms with Crippen LogP contribution in [0.25, 0.3) is 0 Å². The molecule has 0 atom stereocenters. The van der Waals surface area contributed by atoms with Crippen LogP contribution >= 0.6 is 0 Å². The Bertz CT molecular complexity index is 762. The summed E-state index contributed by atoms with van der Waals surface area (Å²) in [5.41, 5.74) is 0. The highest BCUT2D eigenvalue weighted by Gasteiger charge is 2.94. The molecule has 0 aliphatic heterocycles. The van der Waals surface area contributed by atoms with Crippen molar-refractivity contribution >= 4 is 10.0 Å². The second-order valence-electron chi connectivity index (χ2n) is 6.14. The van der Waals surface area contributed by atoms with E-state index in [9.17, 15) is 74.3 Å². The largest absolute Gasteiger partial charge is 0.460 e. The normalized spacial score (nSPS) is 16.1. The SMILES string of the molecule is CN(CCCCO)S(=O)(=O)C(F)(F)C(F)(F)C(F)(F)C(F)(F)C(F)(F)C(F)(F)C(F)(F)F. The molecule has 0 aliphatic carbocycles. The third kappa shape index (κ3) is 4.21. The van der Waals surface area contributed by atoms with E-state index in [0.717, 1.165) is 0 Å². The number of nitrogens with zero attached hydrogens (tertiary/aromatic N) is 1. The third-order valence-corrected chi connectivity index (χ3v) is 5.82. The van der Waals surface area contributed by atoms with Crippen LogP contribution in [0.15, 0.2) is 0 Å². The van der Waals surface area contributed by atoms with Gasteiger partial charge in [-0.25, -0.2) is 8.42 Å². The van der Waals surface area contributed by atoms with Gasteiger partial charge in [0, 0.05) is 20.2 Å². The van der Waals surface area contributed by atoms with Gasteiger partial charge in [-0.2, -0.15) is 70.2 Å². The number of sulfonamides is 1. The molecule has 0 saturated carbocycles. The maximum absolute atomic E-state index is 13.8. The first-order chi connectivity index (χ1) is 13.7. The van der Waals surface area contributed by atoms with Gasteiger partial charge in [0.15, 0.2) is 0 Å². The monoisotopic (exact) mass is 535 g/mol. The van der Waals surface area contributed by atoms with Gasteiger partial charge in [-0.3, -0.25) is 0 Å². The Kier molecular flexibility index (Phi) is 8.24. The molecule has 0 aromatic carbocycles. The Morgan fingerprint density at radius 2 is 0.969 bits per heavy atom. The first-order valence-electron chi connectivity index (χ1n) is 7.63. The third-order valence-electron chi connectivity index (χ3n) is 3.91. The molecule has 194 valence electrons. The van der Waals surface area contributed by atoms with Gasteiger partial charge < -0.3 is 5.11 Å². The van der Waals surface area contributed by atoms with Gasteiger partial charge in [-0.15, -0.1) is 0 Å². The molecule has 0 fully saturated rings. The molecule has 0 saturated heterocycles. The van der Waals surface area contributed by atoms with Crippen molar-refractivity contribution in [2.45, 2.75) is 53.9 Å². The highest BCUT2D eigenvalue weighted by Crippen LogP contribution is 2.63. The van der Waals surface area contributed by atoms with E-state index in [0.29, 0.717) is 0 Å². The number of halogens is 15. The molecule has 4 nitrogen and oxygen atoms in total. The average Bonchev–Trinajstić information content (AvgIpc) is 2.59. The number of hydrogen-bond donors (Lipinski definition) is 1. The lowest BCUT2D eigenvalue weighted by Crippen LogP contribution is -2.73. The maximum atomic E-state index is 13.8. The van der Waals surface area contributed by atoms with Crippen LogP contribution in [-0.2, 0) is 10.0 Å². The van der Waals surface area contributed by atoms with Crippen LogP contribution in [0.3, 0.4) is 0 Å². The predicted octanol–water partition coefficient (Wildman–Crippen LogP) is 4.35. The molecule has 0 aliphatic rings. The summed E-state index contributed by atoms with van der Waals surface area (Å²) >= 11 is 0. The second kappa shape index (κ2) is 8.55. The fourth-order valence-corrected chi connectivity index (χ4v) is 3.09. The molecule has 0 bridgehead atoms. The highest BCUT2D eigenvalue weighted by atomic mass is 32.2. The summed E-state index contributed by atoms with van der Waals surface area (Å²) in [6.07, 6.45) is -8.72. The number of hydrogen-bond acceptors (Lipinski definition) is 3. The van der Waals surface area contributed by atoms with Gasteiger partial charge in [0.2, 0.25) is 0 Å². The quantitative estimate of drug-likeness (QED) is 0.316. The van der Waals surface area contributed by atoms with Crippen molar-refractivity contribution in [3.63, 3.8) is 0 Å². The fourth-order valence-electron chi connectivity index (χ4n) is 1.88. The number of aliphatic hydroxyl groups is 1. The Balaban J connectivity index is 6.60. The van der Waals surface area contributed by atoms with Gasteiger partial charge in [0.25, 0.3) is 10.0 Å². The molecule has 0 radical (unpaired) electrons. The molecule has 20 heteroatoms. The summed E-state index contributed by atoms with van der Waals surface area (Å²) < 4.78 is 218. The van der Waals surface area contributed by atoms with Crippen molar-refractivity contribution in [1.82, 2.24) is 4.31 Å². The zero-order chi connectivity index (χ0) is 26.4. The summed E-state index contributed by atoms with van der Waals surface area (Å²) in [6, 6.07) is 0. The number of rotatable bonds is 11. The average molecular weight is 535 g/mol. The summed E-state index contributed by atoms with van der Waals surface area (Å²) in [5, 5.41) is 1.02. The van der Waals surface area contributed by atoms with Crippen molar-refractivity contribution < 1.29 is 79.4 Å². The molecule has 32 heavy (non-hydrogen) atoms. The van der Waals surface area contributed by atoms with E-state index in [4.69, 9.17) is 5.11 Å². The van der Waals surface area contributed by atoms with E-state index < -0.39 is 74.9 Å². The number of unbranched alkanes of at least 4 members (excludes halogenated alkanes) is 1. The van der Waals surface area contributed by atoms with E-state index in [1.807, 2.05) is 0 Å². The minimum absolute atomic E-state index is 0.0133. The molecule has 0 spiro atoms. The Hall–Kier alpha value is -1.18. The lowest BCUT2D eigenvalue weighted by Gasteiger charge is -2.41. The minimum Gasteiger partial charge on any atom is -0.396 e. The van der Waals surface area contributed by atoms with E-state index in [-0.39, 0.29) is 13.5 Å². The van der Waals surface area contributed by atoms with Gasteiger partial charge in [0.05, 0.1) is 0 Å². The lowest BCUT2D eigenvalue weighted by atomic mass is 9.94. The Morgan fingerprint density at radius 1 is 0.625 bits per heavy atom. The van der Waals surface area contributed by atoms with E-state index in [2.05, 4.69) is 0 Å². The molecule has 0 aromatic heterocycles. The van der Waals surface area contributed by atoms with Gasteiger partial charge in [0.1, 0.15) is 0 Å². The summed E-state index contributed by atoms with van der Waals surface area (Å²) in [5.74, 6) is -41.8. The standard InChI is InChI=1S/C12H12F15NO3S/c1-28(4-2-3-5-29)32(30,31)12(26,27)10(21,22)8(17,18)6(13,14)7(15,16)9(19,20)11(23,24)25/h29H,2-5H2,1H3. The van der Waals surface area contributed by atoms with Crippen molar-refractivity contribution in [1.29, 1.82) is 0 Å². The Morgan fingerprint density at radius 3 is 1.31 bits per heavy atom. The molecule has 0 rings (SSSR count). The van der Waals surface area contributed by atoms with E-state index >= 15 is 0 Å². The van der Waals surface area contributed by atoms with Gasteiger partial charge >= 0.3 is 41.0 Å². The van der Waals surface area contributed by atoms with Crippen LogP contribution in [0, 0.1) is 0 Å². The molecule has 0 aromatic rings. The van der Waals surface area contributed by atoms with E-state index in [1.165, 1.54) is 0 Å². The second-order valence-corrected chi connectivity index (χ2v) is 8.23. The maximum Gasteiger partial charge on any atom is 0.460 e. The smallest absolute Gasteiger partial charge is 0.396 e. The fraction of sp³-hybridized carbons (Fsp3) is 1.00. The summed E-state index contributed by atoms with van der Waals surface area (Å²) in [6.45, 7) is -1.95. The van der Waals surface area contributed by atoms with Crippen LogP contribution < -0.4 is 0 Å². The van der Waals surface area contributed by atoms with Gasteiger partial charge in [-0.05, 0) is 12.8 Å². The van der Waals surface area contributed by atoms with Crippen LogP contribution in [0.4, 0.5) is 65.9 Å². The molecule has 1 N–H and O–H groups in total. The molecular weight excluding hydrogens is 523 g/mol. The number of alkyl halides is 15. The van der Waals surface area contributed by atoms with Crippen molar-refractivity contribution in [3.8, 4) is 0 Å². The molecule has 0 heterocycles. The van der Waals surface area contributed by atoms with Crippen molar-refractivity contribution in [3.05, 3.63) is 0 Å². The van der Waals surface area contributed by atoms with Crippen molar-refractivity contribution in [2.75, 3.05) is 20.2 Å². The zero-order valence-corrected chi connectivity index (χ0v) is 15.9. The summed E-state index contributed by atoms with van der Waals surface area (Å²) in [4.78, 5) is 0. The highest BCUT2D eigenvalue weighted by molar-refractivity contribution is 7.90. The molecular formula is C12H12F15NO3S. The number of aliphatic hydroxyl groups excluding tert-OH is 1. The minimum atomic E-state index is -8.56. The van der Waals surface area contributed by atoms with E-state index in [1.54, 1.807) is 0 Å².